The van der Waals surface area contributed by atoms with Gasteiger partial charge in [0.25, 0.3) is 0 Å². The molecule has 0 aromatic heterocycles. The molecule has 5 heteroatoms. The average molecular weight is 541 g/mol. The SMILES string of the molecule is C=C1/C(=C\C=C2/CCC[C@]3(C)[C@@H]([C@H](C)/C=C4\CCC(C)(C)C4=O)CC[C@@H]23)C[C@@H](O)[C@H](OCCC(C)(C)O)[C@@H]1O. The molecule has 0 aliphatic heterocycles. The highest BCUT2D eigenvalue weighted by Gasteiger charge is 2.50. The van der Waals surface area contributed by atoms with Crippen molar-refractivity contribution < 1.29 is 24.9 Å². The van der Waals surface area contributed by atoms with Crippen molar-refractivity contribution in [2.24, 2.45) is 28.6 Å². The highest BCUT2D eigenvalue weighted by molar-refractivity contribution is 6.01. The Kier molecular flexibility index (Phi) is 8.89. The highest BCUT2D eigenvalue weighted by Crippen LogP contribution is 2.60. The van der Waals surface area contributed by atoms with Crippen LogP contribution < -0.4 is 0 Å². The van der Waals surface area contributed by atoms with Crippen LogP contribution in [0.4, 0.5) is 0 Å². The van der Waals surface area contributed by atoms with Crippen LogP contribution in [0.15, 0.2) is 47.1 Å². The van der Waals surface area contributed by atoms with Gasteiger partial charge in [-0.3, -0.25) is 4.79 Å². The van der Waals surface area contributed by atoms with E-state index in [9.17, 15) is 20.1 Å². The summed E-state index contributed by atoms with van der Waals surface area (Å²) < 4.78 is 5.78. The van der Waals surface area contributed by atoms with Crippen molar-refractivity contribution in [3.8, 4) is 0 Å². The van der Waals surface area contributed by atoms with Gasteiger partial charge in [-0.2, -0.15) is 0 Å². The van der Waals surface area contributed by atoms with Gasteiger partial charge in [-0.1, -0.05) is 58.1 Å². The zero-order valence-corrected chi connectivity index (χ0v) is 25.1. The van der Waals surface area contributed by atoms with E-state index in [0.29, 0.717) is 42.0 Å². The second kappa shape index (κ2) is 11.4. The molecule has 0 aromatic rings. The molecule has 5 nitrogen and oxygen atoms in total. The molecule has 0 spiro atoms. The second-order valence-corrected chi connectivity index (χ2v) is 14.4. The molecule has 0 heterocycles. The summed E-state index contributed by atoms with van der Waals surface area (Å²) in [5, 5.41) is 31.6. The fourth-order valence-corrected chi connectivity index (χ4v) is 7.95. The molecule has 7 atom stereocenters. The van der Waals surface area contributed by atoms with Crippen LogP contribution in [0.25, 0.3) is 0 Å². The Bertz CT molecular complexity index is 1040. The lowest BCUT2D eigenvalue weighted by Gasteiger charge is -2.44. The van der Waals surface area contributed by atoms with Crippen molar-refractivity contribution in [2.75, 3.05) is 6.61 Å². The topological polar surface area (TPSA) is 87.0 Å². The summed E-state index contributed by atoms with van der Waals surface area (Å²) in [6.07, 6.45) is 12.6. The fraction of sp³-hybridized carbons (Fsp3) is 0.735. The predicted molar refractivity (Wildman–Crippen MR) is 156 cm³/mol. The summed E-state index contributed by atoms with van der Waals surface area (Å²) in [5.41, 5.74) is 3.16. The average Bonchev–Trinajstić information content (AvgIpc) is 3.33. The Morgan fingerprint density at radius 2 is 1.82 bits per heavy atom. The number of hydrogen-bond donors (Lipinski definition) is 3. The van der Waals surface area contributed by atoms with E-state index in [1.54, 1.807) is 13.8 Å². The minimum atomic E-state index is -0.968. The lowest BCUT2D eigenvalue weighted by atomic mass is 9.61. The molecule has 3 N–H and O–H groups in total. The molecule has 0 unspecified atom stereocenters. The first kappa shape index (κ1) is 30.4. The van der Waals surface area contributed by atoms with Crippen LogP contribution in [-0.2, 0) is 9.53 Å². The van der Waals surface area contributed by atoms with Gasteiger partial charge in [0.2, 0.25) is 0 Å². The molecule has 0 amide bonds. The van der Waals surface area contributed by atoms with Crippen LogP contribution in [0.5, 0.6) is 0 Å². The number of allylic oxidation sites excluding steroid dienone is 5. The molecule has 0 radical (unpaired) electrons. The summed E-state index contributed by atoms with van der Waals surface area (Å²) in [6, 6.07) is 0. The third kappa shape index (κ3) is 6.37. The van der Waals surface area contributed by atoms with E-state index < -0.39 is 23.9 Å². The van der Waals surface area contributed by atoms with Gasteiger partial charge < -0.3 is 20.1 Å². The number of carbonyl (C=O) groups is 1. The van der Waals surface area contributed by atoms with Crippen molar-refractivity contribution in [1.29, 1.82) is 0 Å². The third-order valence-electron chi connectivity index (χ3n) is 10.5. The first-order valence-corrected chi connectivity index (χ1v) is 15.2. The number of ketones is 1. The zero-order chi connectivity index (χ0) is 28.8. The monoisotopic (exact) mass is 540 g/mol. The zero-order valence-electron chi connectivity index (χ0n) is 25.1. The fourth-order valence-electron chi connectivity index (χ4n) is 7.95. The number of aliphatic hydroxyl groups excluding tert-OH is 2. The number of hydrogen-bond acceptors (Lipinski definition) is 5. The van der Waals surface area contributed by atoms with E-state index >= 15 is 0 Å². The van der Waals surface area contributed by atoms with Gasteiger partial charge in [0.1, 0.15) is 12.2 Å². The number of rotatable bonds is 7. The van der Waals surface area contributed by atoms with Crippen LogP contribution in [0, 0.1) is 28.6 Å². The van der Waals surface area contributed by atoms with Gasteiger partial charge in [0.15, 0.2) is 5.78 Å². The molecular weight excluding hydrogens is 488 g/mol. The summed E-state index contributed by atoms with van der Waals surface area (Å²) in [7, 11) is 0. The number of fused-ring (bicyclic) bond motifs is 1. The molecule has 4 fully saturated rings. The van der Waals surface area contributed by atoms with Gasteiger partial charge in [-0.25, -0.2) is 0 Å². The van der Waals surface area contributed by atoms with Crippen LogP contribution in [0.3, 0.4) is 0 Å². The summed E-state index contributed by atoms with van der Waals surface area (Å²) in [5.74, 6) is 1.82. The van der Waals surface area contributed by atoms with E-state index in [1.165, 1.54) is 24.8 Å². The number of carbonyl (C=O) groups excluding carboxylic acids is 1. The minimum Gasteiger partial charge on any atom is -0.390 e. The van der Waals surface area contributed by atoms with Crippen LogP contribution in [0.1, 0.15) is 99.3 Å². The molecule has 39 heavy (non-hydrogen) atoms. The van der Waals surface area contributed by atoms with Crippen molar-refractivity contribution >= 4 is 5.78 Å². The standard InChI is InChI=1S/C34H52O5/c1-21(19-25-14-16-32(3,4)31(25)37)26-12-13-27-23(9-8-15-34(26,27)7)10-11-24-20-28(35)30(29(36)22(24)2)39-18-17-33(5,6)38/h10-11,19,21,26-30,35-36,38H,2,8-9,12-18,20H2,1,3-7H3/b23-10+,24-11-,25-19+/t21-,26-,27+,28-,29-,30+,34-/m1/s1. The van der Waals surface area contributed by atoms with Gasteiger partial charge in [0, 0.05) is 18.4 Å². The smallest absolute Gasteiger partial charge is 0.164 e. The van der Waals surface area contributed by atoms with Crippen molar-refractivity contribution in [3.63, 3.8) is 0 Å². The Balaban J connectivity index is 1.45. The molecule has 4 saturated carbocycles. The highest BCUT2D eigenvalue weighted by atomic mass is 16.5. The largest absolute Gasteiger partial charge is 0.390 e. The van der Waals surface area contributed by atoms with Gasteiger partial charge in [-0.15, -0.1) is 0 Å². The van der Waals surface area contributed by atoms with Crippen molar-refractivity contribution in [3.05, 3.63) is 47.1 Å². The van der Waals surface area contributed by atoms with E-state index in [0.717, 1.165) is 36.8 Å². The molecule has 4 rings (SSSR count). The Hall–Kier alpha value is -1.53. The predicted octanol–water partition coefficient (Wildman–Crippen LogP) is 6.24. The summed E-state index contributed by atoms with van der Waals surface area (Å²) >= 11 is 0. The molecule has 4 aliphatic carbocycles. The van der Waals surface area contributed by atoms with Gasteiger partial charge in [0.05, 0.1) is 11.7 Å². The summed E-state index contributed by atoms with van der Waals surface area (Å²) in [6.45, 7) is 16.8. The Morgan fingerprint density at radius 3 is 2.46 bits per heavy atom. The first-order chi connectivity index (χ1) is 18.1. The maximum atomic E-state index is 12.9. The van der Waals surface area contributed by atoms with E-state index in [4.69, 9.17) is 4.74 Å². The molecule has 4 aliphatic rings. The maximum absolute atomic E-state index is 12.9. The maximum Gasteiger partial charge on any atom is 0.164 e. The van der Waals surface area contributed by atoms with E-state index in [1.807, 2.05) is 0 Å². The van der Waals surface area contributed by atoms with Crippen LogP contribution >= 0.6 is 0 Å². The molecule has 0 aromatic carbocycles. The van der Waals surface area contributed by atoms with E-state index in [2.05, 4.69) is 52.5 Å². The van der Waals surface area contributed by atoms with Crippen molar-refractivity contribution in [2.45, 2.75) is 123 Å². The quantitative estimate of drug-likeness (QED) is 0.333. The molecular formula is C34H52O5. The minimum absolute atomic E-state index is 0.214. The van der Waals surface area contributed by atoms with Crippen LogP contribution in [0.2, 0.25) is 0 Å². The lowest BCUT2D eigenvalue weighted by molar-refractivity contribution is -0.121. The molecule has 218 valence electrons. The Labute approximate surface area is 236 Å². The Morgan fingerprint density at radius 1 is 1.10 bits per heavy atom. The second-order valence-electron chi connectivity index (χ2n) is 14.4. The summed E-state index contributed by atoms with van der Waals surface area (Å²) in [4.78, 5) is 12.9. The first-order valence-electron chi connectivity index (χ1n) is 15.2. The normalized spacial score (nSPS) is 39.1. The third-order valence-corrected chi connectivity index (χ3v) is 10.5. The molecule has 0 saturated heterocycles. The lowest BCUT2D eigenvalue weighted by Crippen LogP contribution is -2.45. The van der Waals surface area contributed by atoms with Gasteiger partial charge in [-0.05, 0) is 105 Å². The van der Waals surface area contributed by atoms with E-state index in [-0.39, 0.29) is 17.4 Å². The number of Topliss-reactive ketones (excluding diaryl/α,β-unsaturated/α-hetero) is 1. The number of ether oxygens (including phenoxy) is 1. The molecule has 0 bridgehead atoms. The van der Waals surface area contributed by atoms with Crippen LogP contribution in [-0.4, -0.2) is 51.6 Å². The number of aliphatic hydroxyl groups is 3. The van der Waals surface area contributed by atoms with Crippen molar-refractivity contribution in [1.82, 2.24) is 0 Å². The van der Waals surface area contributed by atoms with Gasteiger partial charge >= 0.3 is 0 Å².